The number of nitrogens with zero attached hydrogens (tertiary/aromatic N) is 2. The van der Waals surface area contributed by atoms with E-state index in [-0.39, 0.29) is 12.5 Å². The molecule has 0 radical (unpaired) electrons. The molecule has 0 aliphatic heterocycles. The molecule has 0 aliphatic rings. The molecule has 0 spiro atoms. The number of benzene rings is 2. The number of rotatable bonds is 9. The van der Waals surface area contributed by atoms with E-state index in [0.29, 0.717) is 41.1 Å². The van der Waals surface area contributed by atoms with Gasteiger partial charge in [-0.2, -0.15) is 5.26 Å². The van der Waals surface area contributed by atoms with Crippen molar-refractivity contribution in [3.8, 4) is 34.6 Å². The summed E-state index contributed by atoms with van der Waals surface area (Å²) in [7, 11) is 0. The summed E-state index contributed by atoms with van der Waals surface area (Å²) in [6.07, 6.45) is 0. The van der Waals surface area contributed by atoms with Crippen molar-refractivity contribution in [3.63, 3.8) is 0 Å². The Balaban J connectivity index is 1.66. The summed E-state index contributed by atoms with van der Waals surface area (Å²) >= 11 is 1.31. The van der Waals surface area contributed by atoms with Gasteiger partial charge in [0.05, 0.1) is 30.5 Å². The van der Waals surface area contributed by atoms with Gasteiger partial charge >= 0.3 is 0 Å². The number of ether oxygens (including phenoxy) is 3. The van der Waals surface area contributed by atoms with E-state index in [1.54, 1.807) is 24.3 Å². The maximum Gasteiger partial charge on any atom is 0.264 e. The predicted octanol–water partition coefficient (Wildman–Crippen LogP) is 4.50. The van der Waals surface area contributed by atoms with Crippen LogP contribution in [0.25, 0.3) is 11.3 Å². The van der Waals surface area contributed by atoms with Crippen molar-refractivity contribution < 1.29 is 19.0 Å². The predicted molar refractivity (Wildman–Crippen MR) is 115 cm³/mol. The molecule has 1 heterocycles. The largest absolute Gasteiger partial charge is 0.494 e. The van der Waals surface area contributed by atoms with Crippen LogP contribution in [0.1, 0.15) is 19.4 Å². The number of hydrogen-bond acceptors (Lipinski definition) is 7. The van der Waals surface area contributed by atoms with Crippen LogP contribution < -0.4 is 19.5 Å². The van der Waals surface area contributed by atoms with Crippen LogP contribution in [-0.2, 0) is 4.79 Å². The molecule has 0 bridgehead atoms. The van der Waals surface area contributed by atoms with Crippen LogP contribution in [0.4, 0.5) is 5.13 Å². The average molecular weight is 423 g/mol. The molecule has 3 aromatic rings. The van der Waals surface area contributed by atoms with Crippen LogP contribution in [-0.4, -0.2) is 30.7 Å². The first-order chi connectivity index (χ1) is 14.6. The van der Waals surface area contributed by atoms with Crippen molar-refractivity contribution in [2.75, 3.05) is 25.1 Å². The number of hydrogen-bond donors (Lipinski definition) is 1. The van der Waals surface area contributed by atoms with Crippen LogP contribution in [0.5, 0.6) is 17.2 Å². The highest BCUT2D eigenvalue weighted by Gasteiger charge is 2.14. The second-order valence-electron chi connectivity index (χ2n) is 6.03. The van der Waals surface area contributed by atoms with Gasteiger partial charge in [0.1, 0.15) is 17.2 Å². The average Bonchev–Trinajstić information content (AvgIpc) is 3.22. The van der Waals surface area contributed by atoms with E-state index in [1.165, 1.54) is 11.3 Å². The minimum atomic E-state index is -0.326. The Morgan fingerprint density at radius 1 is 1.07 bits per heavy atom. The maximum absolute atomic E-state index is 12.2. The van der Waals surface area contributed by atoms with Crippen molar-refractivity contribution in [2.24, 2.45) is 0 Å². The molecule has 2 aromatic carbocycles. The minimum Gasteiger partial charge on any atom is -0.494 e. The maximum atomic E-state index is 12.2. The van der Waals surface area contributed by atoms with E-state index in [1.807, 2.05) is 43.5 Å². The van der Waals surface area contributed by atoms with E-state index in [4.69, 9.17) is 19.5 Å². The zero-order valence-corrected chi connectivity index (χ0v) is 17.5. The third-order valence-corrected chi connectivity index (χ3v) is 4.70. The fourth-order valence-electron chi connectivity index (χ4n) is 2.63. The number of nitriles is 1. The molecule has 0 fully saturated rings. The fraction of sp³-hybridized carbons (Fsp3) is 0.227. The molecule has 30 heavy (non-hydrogen) atoms. The van der Waals surface area contributed by atoms with Crippen molar-refractivity contribution in [3.05, 3.63) is 53.4 Å². The molecule has 8 heteroatoms. The number of carbonyl (C=O) groups is 1. The Kier molecular flexibility index (Phi) is 7.24. The molecule has 3 rings (SSSR count). The van der Waals surface area contributed by atoms with Gasteiger partial charge < -0.3 is 14.2 Å². The summed E-state index contributed by atoms with van der Waals surface area (Å²) < 4.78 is 16.7. The highest BCUT2D eigenvalue weighted by atomic mass is 32.1. The van der Waals surface area contributed by atoms with Gasteiger partial charge in [0, 0.05) is 10.9 Å². The van der Waals surface area contributed by atoms with E-state index >= 15 is 0 Å². The molecule has 0 aliphatic carbocycles. The number of anilines is 1. The van der Waals surface area contributed by atoms with Gasteiger partial charge in [-0.25, -0.2) is 4.98 Å². The van der Waals surface area contributed by atoms with Gasteiger partial charge in [0.2, 0.25) is 0 Å². The molecule has 0 saturated carbocycles. The Morgan fingerprint density at radius 2 is 1.80 bits per heavy atom. The van der Waals surface area contributed by atoms with Crippen LogP contribution in [0.2, 0.25) is 0 Å². The highest BCUT2D eigenvalue weighted by molar-refractivity contribution is 7.14. The van der Waals surface area contributed by atoms with Crippen LogP contribution >= 0.6 is 11.3 Å². The molecule has 1 amide bonds. The quantitative estimate of drug-likeness (QED) is 0.545. The standard InChI is InChI=1S/C22H21N3O4S/c1-3-27-17-9-10-20(28-4-2)18(11-17)19-14-30-22(24-19)25-21(26)13-29-16-7-5-15(12-23)6-8-16/h5-11,14H,3-4,13H2,1-2H3,(H,24,25,26). The molecule has 0 saturated heterocycles. The summed E-state index contributed by atoms with van der Waals surface area (Å²) in [5, 5.41) is 13.9. The lowest BCUT2D eigenvalue weighted by molar-refractivity contribution is -0.118. The Morgan fingerprint density at radius 3 is 2.50 bits per heavy atom. The second-order valence-corrected chi connectivity index (χ2v) is 6.89. The van der Waals surface area contributed by atoms with E-state index < -0.39 is 0 Å². The molecule has 7 nitrogen and oxygen atoms in total. The summed E-state index contributed by atoms with van der Waals surface area (Å²) in [5.74, 6) is 1.62. The lowest BCUT2D eigenvalue weighted by Gasteiger charge is -2.11. The van der Waals surface area contributed by atoms with Gasteiger partial charge in [-0.15, -0.1) is 11.3 Å². The van der Waals surface area contributed by atoms with Gasteiger partial charge in [-0.05, 0) is 56.3 Å². The molecule has 154 valence electrons. The second kappa shape index (κ2) is 10.3. The number of nitrogens with one attached hydrogen (secondary N) is 1. The molecule has 1 aromatic heterocycles. The summed E-state index contributed by atoms with van der Waals surface area (Å²) in [6.45, 7) is 4.77. The van der Waals surface area contributed by atoms with Crippen molar-refractivity contribution in [2.45, 2.75) is 13.8 Å². The lowest BCUT2D eigenvalue weighted by Crippen LogP contribution is -2.20. The Labute approximate surface area is 178 Å². The first-order valence-electron chi connectivity index (χ1n) is 9.41. The van der Waals surface area contributed by atoms with Crippen molar-refractivity contribution in [1.82, 2.24) is 4.98 Å². The Hall–Kier alpha value is -3.57. The lowest BCUT2D eigenvalue weighted by atomic mass is 10.1. The van der Waals surface area contributed by atoms with Crippen molar-refractivity contribution >= 4 is 22.4 Å². The van der Waals surface area contributed by atoms with Gasteiger partial charge in [-0.1, -0.05) is 0 Å². The highest BCUT2D eigenvalue weighted by Crippen LogP contribution is 2.35. The zero-order chi connectivity index (χ0) is 21.3. The number of thiazole rings is 1. The molecular formula is C22H21N3O4S. The minimum absolute atomic E-state index is 0.162. The topological polar surface area (TPSA) is 93.5 Å². The summed E-state index contributed by atoms with van der Waals surface area (Å²) in [6, 6.07) is 14.2. The SMILES string of the molecule is CCOc1ccc(OCC)c(-c2csc(NC(=O)COc3ccc(C#N)cc3)n2)c1. The van der Waals surface area contributed by atoms with E-state index in [0.717, 1.165) is 11.3 Å². The fourth-order valence-corrected chi connectivity index (χ4v) is 3.36. The van der Waals surface area contributed by atoms with Crippen LogP contribution in [0, 0.1) is 11.3 Å². The first-order valence-corrected chi connectivity index (χ1v) is 10.3. The first kappa shape index (κ1) is 21.1. The van der Waals surface area contributed by atoms with Gasteiger partial charge in [-0.3, -0.25) is 10.1 Å². The number of amides is 1. The molecule has 0 unspecified atom stereocenters. The molecule has 0 atom stereocenters. The smallest absolute Gasteiger partial charge is 0.264 e. The summed E-state index contributed by atoms with van der Waals surface area (Å²) in [4.78, 5) is 16.7. The molecular weight excluding hydrogens is 402 g/mol. The number of carbonyl (C=O) groups excluding carboxylic acids is 1. The van der Waals surface area contributed by atoms with Gasteiger partial charge in [0.25, 0.3) is 5.91 Å². The number of aromatic nitrogens is 1. The molecule has 1 N–H and O–H groups in total. The van der Waals surface area contributed by atoms with E-state index in [9.17, 15) is 4.79 Å². The zero-order valence-electron chi connectivity index (χ0n) is 16.7. The normalized spacial score (nSPS) is 10.2. The van der Waals surface area contributed by atoms with Gasteiger partial charge in [0.15, 0.2) is 11.7 Å². The third kappa shape index (κ3) is 5.49. The van der Waals surface area contributed by atoms with Crippen LogP contribution in [0.15, 0.2) is 47.8 Å². The van der Waals surface area contributed by atoms with Crippen molar-refractivity contribution in [1.29, 1.82) is 5.26 Å². The third-order valence-electron chi connectivity index (χ3n) is 3.94. The Bertz CT molecular complexity index is 1040. The van der Waals surface area contributed by atoms with Crippen LogP contribution in [0.3, 0.4) is 0 Å². The monoisotopic (exact) mass is 423 g/mol. The van der Waals surface area contributed by atoms with E-state index in [2.05, 4.69) is 10.3 Å². The summed E-state index contributed by atoms with van der Waals surface area (Å²) in [5.41, 5.74) is 2.02.